The molecular formula is C30H34N3O9P. The monoisotopic (exact) mass is 611 g/mol. The molecule has 228 valence electrons. The van der Waals surface area contributed by atoms with Gasteiger partial charge in [0.2, 0.25) is 0 Å². The van der Waals surface area contributed by atoms with Crippen LogP contribution in [-0.2, 0) is 53.5 Å². The number of ether oxygens (including phenoxy) is 3. The Morgan fingerprint density at radius 2 is 2.02 bits per heavy atom. The quantitative estimate of drug-likeness (QED) is 0.200. The van der Waals surface area contributed by atoms with Crippen LogP contribution in [0.5, 0.6) is 5.75 Å². The first-order valence-corrected chi connectivity index (χ1v) is 16.2. The molecule has 1 fully saturated rings. The molecule has 43 heavy (non-hydrogen) atoms. The summed E-state index contributed by atoms with van der Waals surface area (Å²) >= 11 is 0. The lowest BCUT2D eigenvalue weighted by atomic mass is 9.86. The first kappa shape index (κ1) is 29.5. The van der Waals surface area contributed by atoms with Gasteiger partial charge < -0.3 is 28.4 Å². The van der Waals surface area contributed by atoms with E-state index in [1.807, 2.05) is 6.92 Å². The van der Waals surface area contributed by atoms with Gasteiger partial charge in [-0.3, -0.25) is 14.2 Å². The van der Waals surface area contributed by atoms with Crippen molar-refractivity contribution < 1.29 is 38.0 Å². The molecule has 0 spiro atoms. The molecule has 4 heterocycles. The van der Waals surface area contributed by atoms with E-state index in [2.05, 4.69) is 5.09 Å². The molecule has 3 aliphatic rings. The van der Waals surface area contributed by atoms with Crippen LogP contribution < -0.4 is 15.2 Å². The zero-order valence-corrected chi connectivity index (χ0v) is 25.4. The first-order chi connectivity index (χ1) is 20.5. The highest BCUT2D eigenvalue weighted by molar-refractivity contribution is 7.57. The van der Waals surface area contributed by atoms with Crippen LogP contribution in [-0.4, -0.2) is 52.2 Å². The number of aromatic nitrogens is 2. The van der Waals surface area contributed by atoms with Crippen LogP contribution in [0.4, 0.5) is 0 Å². The zero-order chi connectivity index (χ0) is 30.7. The molecule has 0 amide bonds. The average Bonchev–Trinajstić information content (AvgIpc) is 3.72. The second kappa shape index (κ2) is 10.9. The molecule has 0 radical (unpaired) electrons. The number of benzene rings is 1. The second-order valence-electron chi connectivity index (χ2n) is 11.2. The molecule has 0 bridgehead atoms. The van der Waals surface area contributed by atoms with E-state index in [1.54, 1.807) is 42.7 Å². The number of carbonyl (C=O) groups excluding carboxylic acids is 2. The fourth-order valence-corrected chi connectivity index (χ4v) is 7.50. The van der Waals surface area contributed by atoms with Gasteiger partial charge in [0.1, 0.15) is 30.9 Å². The Bertz CT molecular complexity index is 1770. The molecule has 1 unspecified atom stereocenters. The van der Waals surface area contributed by atoms with Gasteiger partial charge in [-0.25, -0.2) is 14.9 Å². The topological polar surface area (TPSA) is 155 Å². The highest BCUT2D eigenvalue weighted by atomic mass is 31.2. The largest absolute Gasteiger partial charge is 0.461 e. The molecule has 3 aromatic rings. The number of methoxy groups -OCH3 is 1. The summed E-state index contributed by atoms with van der Waals surface area (Å²) in [5.74, 6) is -0.974. The lowest BCUT2D eigenvalue weighted by Gasteiger charge is -2.31. The summed E-state index contributed by atoms with van der Waals surface area (Å²) in [6.45, 7) is 5.29. The van der Waals surface area contributed by atoms with Crippen LogP contribution in [0, 0.1) is 0 Å². The van der Waals surface area contributed by atoms with E-state index in [0.717, 1.165) is 29.4 Å². The van der Waals surface area contributed by atoms with Crippen molar-refractivity contribution >= 4 is 30.4 Å². The predicted octanol–water partition coefficient (Wildman–Crippen LogP) is 3.50. The highest BCUT2D eigenvalue weighted by Crippen LogP contribution is 2.46. The number of hydrogen-bond acceptors (Lipinski definition) is 10. The van der Waals surface area contributed by atoms with Crippen molar-refractivity contribution in [1.29, 1.82) is 0 Å². The number of rotatable bonds is 10. The van der Waals surface area contributed by atoms with E-state index < -0.39 is 31.1 Å². The highest BCUT2D eigenvalue weighted by Gasteiger charge is 2.45. The first-order valence-electron chi connectivity index (χ1n) is 14.4. The molecule has 1 aliphatic carbocycles. The number of nitrogens with one attached hydrogen (secondary N) is 1. The summed E-state index contributed by atoms with van der Waals surface area (Å²) < 4.78 is 36.9. The summed E-state index contributed by atoms with van der Waals surface area (Å²) in [6, 6.07) is 5.94. The molecule has 2 N–H and O–H groups in total. The van der Waals surface area contributed by atoms with Gasteiger partial charge in [-0.05, 0) is 62.4 Å². The van der Waals surface area contributed by atoms with Crippen molar-refractivity contribution in [3.8, 4) is 17.1 Å². The maximum atomic E-state index is 13.7. The minimum atomic E-state index is -3.68. The Labute approximate surface area is 247 Å². The third-order valence-corrected chi connectivity index (χ3v) is 10.1. The Hall–Kier alpha value is -3.57. The molecule has 3 atom stereocenters. The zero-order valence-electron chi connectivity index (χ0n) is 24.5. The van der Waals surface area contributed by atoms with Crippen LogP contribution in [0.3, 0.4) is 0 Å². The van der Waals surface area contributed by atoms with Crippen LogP contribution in [0.15, 0.2) is 29.1 Å². The van der Waals surface area contributed by atoms with Gasteiger partial charge in [0.05, 0.1) is 29.0 Å². The van der Waals surface area contributed by atoms with Gasteiger partial charge in [-0.1, -0.05) is 13.8 Å². The Morgan fingerprint density at radius 3 is 2.70 bits per heavy atom. The molecule has 2 aliphatic heterocycles. The van der Waals surface area contributed by atoms with Crippen molar-refractivity contribution in [2.75, 3.05) is 13.5 Å². The maximum absolute atomic E-state index is 13.7. The van der Waals surface area contributed by atoms with E-state index in [4.69, 9.17) is 23.7 Å². The SMILES string of the molecule is CCc1c2c(nc3ccc(OP(=O)(COC)N[C@@H](C)C(=O)OC4CC4)cc13)-c1cc3c(c(=O)n1C2)COC(=O)[C@]3(O)CC. The van der Waals surface area contributed by atoms with Crippen molar-refractivity contribution in [2.24, 2.45) is 0 Å². The number of aryl methyl sites for hydroxylation is 1. The third kappa shape index (κ3) is 5.06. The Balaban J connectivity index is 1.37. The smallest absolute Gasteiger partial charge is 0.343 e. The fraction of sp³-hybridized carbons (Fsp3) is 0.467. The minimum Gasteiger partial charge on any atom is -0.461 e. The summed E-state index contributed by atoms with van der Waals surface area (Å²) in [5, 5.41) is 14.7. The summed E-state index contributed by atoms with van der Waals surface area (Å²) in [7, 11) is -2.28. The van der Waals surface area contributed by atoms with E-state index in [0.29, 0.717) is 29.1 Å². The molecule has 0 saturated heterocycles. The van der Waals surface area contributed by atoms with E-state index in [9.17, 15) is 24.1 Å². The van der Waals surface area contributed by atoms with Gasteiger partial charge in [0.15, 0.2) is 5.60 Å². The lowest BCUT2D eigenvalue weighted by molar-refractivity contribution is -0.172. The molecule has 1 aromatic carbocycles. The van der Waals surface area contributed by atoms with Gasteiger partial charge in [0, 0.05) is 23.6 Å². The Kier molecular flexibility index (Phi) is 7.45. The molecule has 13 heteroatoms. The number of cyclic esters (lactones) is 1. The molecule has 2 aromatic heterocycles. The minimum absolute atomic E-state index is 0.0605. The lowest BCUT2D eigenvalue weighted by Crippen LogP contribution is -2.44. The standard InChI is InChI=1S/C30H34N3O9P/c1-5-19-20-11-18(42-43(38,15-39-4)32-16(3)28(35)41-17-7-8-17)9-10-24(20)31-26-21(19)13-33-25(26)12-23-22(27(33)34)14-40-29(36)30(23,37)6-2/h9-12,16-17,37H,5-8,13-15H2,1-4H3,(H,32,38)/t16-,30-,43?/m0/s1. The van der Waals surface area contributed by atoms with Crippen LogP contribution in [0.1, 0.15) is 62.3 Å². The number of nitrogens with zero attached hydrogens (tertiary/aromatic N) is 2. The van der Waals surface area contributed by atoms with Crippen LogP contribution in [0.25, 0.3) is 22.3 Å². The summed E-state index contributed by atoms with van der Waals surface area (Å²) in [6.07, 6.45) is 1.97. The van der Waals surface area contributed by atoms with Crippen LogP contribution >= 0.6 is 7.52 Å². The van der Waals surface area contributed by atoms with Crippen molar-refractivity contribution in [3.63, 3.8) is 0 Å². The second-order valence-corrected chi connectivity index (χ2v) is 13.3. The van der Waals surface area contributed by atoms with E-state index >= 15 is 0 Å². The summed E-state index contributed by atoms with van der Waals surface area (Å²) in [4.78, 5) is 43.3. The third-order valence-electron chi connectivity index (χ3n) is 8.23. The van der Waals surface area contributed by atoms with Gasteiger partial charge in [-0.15, -0.1) is 0 Å². The predicted molar refractivity (Wildman–Crippen MR) is 156 cm³/mol. The maximum Gasteiger partial charge on any atom is 0.343 e. The van der Waals surface area contributed by atoms with Gasteiger partial charge in [-0.2, -0.15) is 0 Å². The average molecular weight is 612 g/mol. The molecule has 1 saturated carbocycles. The van der Waals surface area contributed by atoms with Crippen molar-refractivity contribution in [2.45, 2.75) is 77.4 Å². The number of aliphatic hydroxyl groups is 1. The van der Waals surface area contributed by atoms with Crippen molar-refractivity contribution in [3.05, 3.63) is 56.9 Å². The fourth-order valence-electron chi connectivity index (χ4n) is 5.83. The number of pyridine rings is 2. The number of esters is 2. The number of fused-ring (bicyclic) bond motifs is 5. The molecular weight excluding hydrogens is 577 g/mol. The van der Waals surface area contributed by atoms with E-state index in [1.165, 1.54) is 7.11 Å². The van der Waals surface area contributed by atoms with Crippen molar-refractivity contribution in [1.82, 2.24) is 14.6 Å². The number of hydrogen-bond donors (Lipinski definition) is 2. The van der Waals surface area contributed by atoms with E-state index in [-0.39, 0.29) is 48.7 Å². The van der Waals surface area contributed by atoms with Crippen LogP contribution in [0.2, 0.25) is 0 Å². The molecule has 6 rings (SSSR count). The van der Waals surface area contributed by atoms with Gasteiger partial charge in [0.25, 0.3) is 5.56 Å². The van der Waals surface area contributed by atoms with Gasteiger partial charge >= 0.3 is 19.5 Å². The summed E-state index contributed by atoms with van der Waals surface area (Å²) in [5.41, 5.74) is 1.81. The Morgan fingerprint density at radius 1 is 1.26 bits per heavy atom. The normalized spacial score (nSPS) is 20.9. The number of carbonyl (C=O) groups is 2. The molecule has 12 nitrogen and oxygen atoms in total.